The number of benzene rings is 3. The molecule has 0 saturated carbocycles. The Balaban J connectivity index is 1.68. The fourth-order valence-corrected chi connectivity index (χ4v) is 6.04. The van der Waals surface area contributed by atoms with Gasteiger partial charge in [0.15, 0.2) is 0 Å². The third-order valence-electron chi connectivity index (χ3n) is 6.40. The molecule has 0 unspecified atom stereocenters. The van der Waals surface area contributed by atoms with Gasteiger partial charge in [0.25, 0.3) is 5.56 Å². The molecule has 0 spiro atoms. The van der Waals surface area contributed by atoms with Gasteiger partial charge in [0.05, 0.1) is 17.1 Å². The summed E-state index contributed by atoms with van der Waals surface area (Å²) in [6.07, 6.45) is 1.80. The van der Waals surface area contributed by atoms with Gasteiger partial charge in [-0.05, 0) is 48.9 Å². The first-order valence-electron chi connectivity index (χ1n) is 11.8. The van der Waals surface area contributed by atoms with Crippen molar-refractivity contribution in [1.29, 1.82) is 0 Å². The molecule has 0 amide bonds. The van der Waals surface area contributed by atoms with Crippen LogP contribution in [-0.4, -0.2) is 20.4 Å². The van der Waals surface area contributed by atoms with E-state index in [1.807, 2.05) is 45.0 Å². The van der Waals surface area contributed by atoms with Gasteiger partial charge in [0, 0.05) is 47.5 Å². The molecule has 2 aromatic heterocycles. The van der Waals surface area contributed by atoms with Crippen LogP contribution in [0.3, 0.4) is 0 Å². The minimum absolute atomic E-state index is 0.187. The molecule has 188 valence electrons. The van der Waals surface area contributed by atoms with Gasteiger partial charge in [0.1, 0.15) is 5.82 Å². The topological polar surface area (TPSA) is 52.2 Å². The lowest BCUT2D eigenvalue weighted by atomic mass is 9.95. The Morgan fingerprint density at radius 2 is 1.65 bits per heavy atom. The predicted molar refractivity (Wildman–Crippen MR) is 163 cm³/mol. The summed E-state index contributed by atoms with van der Waals surface area (Å²) >= 11 is 10.7. The third kappa shape index (κ3) is 4.99. The highest BCUT2D eigenvalue weighted by Crippen LogP contribution is 2.29. The molecule has 0 N–H and O–H groups in total. The Morgan fingerprint density at radius 3 is 2.38 bits per heavy atom. The molecule has 0 saturated heterocycles. The molecule has 0 aliphatic rings. The summed E-state index contributed by atoms with van der Waals surface area (Å²) in [6, 6.07) is 20.1. The Kier molecular flexibility index (Phi) is 7.02. The second-order valence-electron chi connectivity index (χ2n) is 10.0. The summed E-state index contributed by atoms with van der Waals surface area (Å²) in [6.45, 7) is 8.92. The molecule has 5 rings (SSSR count). The van der Waals surface area contributed by atoms with Crippen molar-refractivity contribution in [2.24, 2.45) is 5.10 Å². The summed E-state index contributed by atoms with van der Waals surface area (Å²) in [5.41, 5.74) is 4.43. The number of aromatic nitrogens is 3. The first kappa shape index (κ1) is 26.1. The predicted octanol–water partition coefficient (Wildman–Crippen LogP) is 8.18. The normalized spacial score (nSPS) is 12.3. The largest absolute Gasteiger partial charge is 0.340 e. The number of halogens is 3. The molecule has 0 atom stereocenters. The van der Waals surface area contributed by atoms with Gasteiger partial charge in [-0.1, -0.05) is 92.8 Å². The molecule has 5 nitrogen and oxygen atoms in total. The fraction of sp³-hybridized carbons (Fsp3) is 0.207. The molecule has 0 aliphatic carbocycles. The van der Waals surface area contributed by atoms with Crippen LogP contribution in [0.25, 0.3) is 21.8 Å². The fourth-order valence-electron chi connectivity index (χ4n) is 4.50. The molecule has 8 heteroatoms. The Labute approximate surface area is 240 Å². The maximum atomic E-state index is 13.6. The Morgan fingerprint density at radius 1 is 0.946 bits per heavy atom. The molecule has 0 aliphatic heterocycles. The van der Waals surface area contributed by atoms with Crippen molar-refractivity contribution in [3.63, 3.8) is 0 Å². The van der Waals surface area contributed by atoms with E-state index < -0.39 is 0 Å². The van der Waals surface area contributed by atoms with Crippen molar-refractivity contribution < 1.29 is 0 Å². The third-order valence-corrected chi connectivity index (χ3v) is 8.13. The van der Waals surface area contributed by atoms with Crippen molar-refractivity contribution in [3.8, 4) is 0 Å². The minimum atomic E-state index is -0.380. The number of nitrogens with zero attached hydrogens (tertiary/aromatic N) is 4. The lowest BCUT2D eigenvalue weighted by Gasteiger charge is -2.20. The van der Waals surface area contributed by atoms with Crippen molar-refractivity contribution in [2.45, 2.75) is 39.7 Å². The van der Waals surface area contributed by atoms with Crippen LogP contribution in [-0.2, 0) is 12.0 Å². The smallest absolute Gasteiger partial charge is 0.282 e. The van der Waals surface area contributed by atoms with E-state index in [0.29, 0.717) is 23.3 Å². The first-order chi connectivity index (χ1) is 17.5. The van der Waals surface area contributed by atoms with Gasteiger partial charge in [-0.25, -0.2) is 4.98 Å². The highest BCUT2D eigenvalue weighted by Gasteiger charge is 2.23. The lowest BCUT2D eigenvalue weighted by Crippen LogP contribution is -2.29. The van der Waals surface area contributed by atoms with Gasteiger partial charge < -0.3 is 4.57 Å². The van der Waals surface area contributed by atoms with Crippen molar-refractivity contribution in [1.82, 2.24) is 14.2 Å². The molecule has 0 bridgehead atoms. The number of rotatable bonds is 4. The molecule has 5 aromatic rings. The zero-order valence-corrected chi connectivity index (χ0v) is 25.6. The second-order valence-corrected chi connectivity index (χ2v) is 12.7. The minimum Gasteiger partial charge on any atom is -0.340 e. The monoisotopic (exact) mass is 682 g/mol. The summed E-state index contributed by atoms with van der Waals surface area (Å²) in [5.74, 6) is 0.615. The highest BCUT2D eigenvalue weighted by atomic mass is 79.9. The van der Waals surface area contributed by atoms with E-state index >= 15 is 0 Å². The molecule has 0 radical (unpaired) electrons. The average molecular weight is 685 g/mol. The summed E-state index contributed by atoms with van der Waals surface area (Å²) in [5, 5.41) is 6.36. The molecular formula is C29H25Br3N4O. The highest BCUT2D eigenvalue weighted by molar-refractivity contribution is 9.11. The molecule has 37 heavy (non-hydrogen) atoms. The van der Waals surface area contributed by atoms with Crippen LogP contribution in [0.1, 0.15) is 43.4 Å². The number of fused-ring (bicyclic) bond motifs is 2. The van der Waals surface area contributed by atoms with Gasteiger partial charge in [0.2, 0.25) is 0 Å². The van der Waals surface area contributed by atoms with Crippen LogP contribution in [0.2, 0.25) is 0 Å². The second kappa shape index (κ2) is 9.97. The molecular weight excluding hydrogens is 660 g/mol. The van der Waals surface area contributed by atoms with E-state index in [4.69, 9.17) is 10.1 Å². The number of para-hydroxylation sites is 1. The van der Waals surface area contributed by atoms with E-state index in [9.17, 15) is 4.79 Å². The average Bonchev–Trinajstić information content (AvgIpc) is 3.10. The maximum absolute atomic E-state index is 13.6. The Hall–Kier alpha value is -2.55. The number of hydrogen-bond donors (Lipinski definition) is 0. The van der Waals surface area contributed by atoms with Crippen molar-refractivity contribution in [2.75, 3.05) is 0 Å². The van der Waals surface area contributed by atoms with Crippen molar-refractivity contribution >= 4 is 75.8 Å². The molecule has 0 fully saturated rings. The summed E-state index contributed by atoms with van der Waals surface area (Å²) < 4.78 is 6.64. The van der Waals surface area contributed by atoms with Gasteiger partial charge >= 0.3 is 0 Å². The molecule has 3 aromatic carbocycles. The quantitative estimate of drug-likeness (QED) is 0.179. The Bertz CT molecular complexity index is 1760. The zero-order chi connectivity index (χ0) is 26.5. The zero-order valence-electron chi connectivity index (χ0n) is 20.9. The van der Waals surface area contributed by atoms with Crippen LogP contribution in [0.15, 0.2) is 84.0 Å². The van der Waals surface area contributed by atoms with Crippen molar-refractivity contribution in [3.05, 3.63) is 107 Å². The van der Waals surface area contributed by atoms with Crippen LogP contribution < -0.4 is 5.56 Å². The first-order valence-corrected chi connectivity index (χ1v) is 14.2. The van der Waals surface area contributed by atoms with E-state index in [-0.39, 0.29) is 11.0 Å². The van der Waals surface area contributed by atoms with Crippen LogP contribution >= 0.6 is 47.8 Å². The maximum Gasteiger partial charge on any atom is 0.282 e. The number of hydrogen-bond acceptors (Lipinski definition) is 3. The van der Waals surface area contributed by atoms with E-state index in [0.717, 1.165) is 35.6 Å². The van der Waals surface area contributed by atoms with E-state index in [1.165, 1.54) is 10.2 Å². The lowest BCUT2D eigenvalue weighted by molar-refractivity contribution is 0.506. The molecule has 2 heterocycles. The summed E-state index contributed by atoms with van der Waals surface area (Å²) in [7, 11) is 0. The van der Waals surface area contributed by atoms with E-state index in [1.54, 1.807) is 12.3 Å². The standard InChI is InChI=1S/C29H25Br3N4O/c1-17-23(21-7-5-6-8-26(21)35(17)16-18-9-10-20(31)14-24(18)32)15-33-36-27(37)22-13-19(30)11-12-25(22)34-28(36)29(2,3)4/h5-15H,16H2,1-4H3. The van der Waals surface area contributed by atoms with Gasteiger partial charge in [-0.2, -0.15) is 9.78 Å². The van der Waals surface area contributed by atoms with Gasteiger partial charge in [-0.3, -0.25) is 4.79 Å². The van der Waals surface area contributed by atoms with E-state index in [2.05, 4.69) is 89.6 Å². The SMILES string of the molecule is Cc1c(C=Nn2c(C(C)(C)C)nc3ccc(Br)cc3c2=O)c2ccccc2n1Cc1ccc(Br)cc1Br. The van der Waals surface area contributed by atoms with Crippen LogP contribution in [0.4, 0.5) is 0 Å². The van der Waals surface area contributed by atoms with Gasteiger partial charge in [-0.15, -0.1) is 0 Å². The van der Waals surface area contributed by atoms with Crippen LogP contribution in [0, 0.1) is 6.92 Å². The van der Waals surface area contributed by atoms with Crippen LogP contribution in [0.5, 0.6) is 0 Å². The summed E-state index contributed by atoms with van der Waals surface area (Å²) in [4.78, 5) is 18.4.